The number of nitriles is 1. The molecule has 30 heavy (non-hydrogen) atoms. The number of ketones is 1. The normalized spacial score (nSPS) is 24.5. The number of aromatic nitrogens is 3. The van der Waals surface area contributed by atoms with E-state index in [0.29, 0.717) is 5.56 Å². The summed E-state index contributed by atoms with van der Waals surface area (Å²) in [5, 5.41) is 13.2. The molecule has 7 nitrogen and oxygen atoms in total. The Morgan fingerprint density at radius 2 is 2.10 bits per heavy atom. The lowest BCUT2D eigenvalue weighted by Crippen LogP contribution is -2.36. The lowest BCUT2D eigenvalue weighted by Gasteiger charge is -2.19. The fourth-order valence-electron chi connectivity index (χ4n) is 4.19. The minimum absolute atomic E-state index is 0.0969. The second-order valence-corrected chi connectivity index (χ2v) is 8.01. The van der Waals surface area contributed by atoms with Crippen LogP contribution in [0.5, 0.6) is 0 Å². The van der Waals surface area contributed by atoms with E-state index in [1.165, 1.54) is 6.20 Å². The molecule has 1 amide bonds. The first-order valence-electron chi connectivity index (χ1n) is 9.81. The molecule has 3 atom stereocenters. The average molecular weight is 413 g/mol. The standard InChI is InChI=1S/C21H21F2N5O2/c1-27-11-13(9-26-27)16-6-17(16)18-10-25-5-4-15(18)19(29)2-3-20(30)28-12-21(22,23)7-14(28)8-24/h4-5,9-11,14,16-17H,2-3,6-7,12H2,1H3/t14-,16?,17?/m0/s1. The first kappa shape index (κ1) is 20.1. The molecule has 1 saturated heterocycles. The molecule has 2 aromatic rings. The zero-order valence-electron chi connectivity index (χ0n) is 16.5. The third-order valence-corrected chi connectivity index (χ3v) is 5.80. The second kappa shape index (κ2) is 7.59. The zero-order valence-corrected chi connectivity index (χ0v) is 16.5. The van der Waals surface area contributed by atoms with E-state index in [-0.39, 0.29) is 30.5 Å². The molecule has 1 saturated carbocycles. The van der Waals surface area contributed by atoms with Gasteiger partial charge in [-0.2, -0.15) is 10.4 Å². The molecule has 0 radical (unpaired) electrons. The molecule has 9 heteroatoms. The molecule has 0 spiro atoms. The number of alkyl halides is 2. The number of pyridine rings is 1. The van der Waals surface area contributed by atoms with Crippen LogP contribution in [-0.4, -0.2) is 49.9 Å². The number of nitrogens with zero attached hydrogens (tertiary/aromatic N) is 5. The summed E-state index contributed by atoms with van der Waals surface area (Å²) in [6, 6.07) is 2.24. The van der Waals surface area contributed by atoms with E-state index >= 15 is 0 Å². The maximum Gasteiger partial charge on any atom is 0.268 e. The van der Waals surface area contributed by atoms with Gasteiger partial charge in [-0.1, -0.05) is 0 Å². The van der Waals surface area contributed by atoms with E-state index in [9.17, 15) is 18.4 Å². The molecule has 0 bridgehead atoms. The highest BCUT2D eigenvalue weighted by molar-refractivity contribution is 5.99. The Morgan fingerprint density at radius 1 is 1.30 bits per heavy atom. The number of carbonyl (C=O) groups excluding carboxylic acids is 2. The Balaban J connectivity index is 1.41. The van der Waals surface area contributed by atoms with Crippen molar-refractivity contribution in [3.05, 3.63) is 47.5 Å². The molecular formula is C21H21F2N5O2. The van der Waals surface area contributed by atoms with Gasteiger partial charge in [-0.3, -0.25) is 19.3 Å². The molecule has 2 unspecified atom stereocenters. The Bertz CT molecular complexity index is 1030. The van der Waals surface area contributed by atoms with Crippen LogP contribution in [0.2, 0.25) is 0 Å². The topological polar surface area (TPSA) is 91.9 Å². The van der Waals surface area contributed by atoms with Crippen molar-refractivity contribution in [2.75, 3.05) is 6.54 Å². The number of carbonyl (C=O) groups is 2. The summed E-state index contributed by atoms with van der Waals surface area (Å²) >= 11 is 0. The number of rotatable bonds is 6. The molecule has 0 aromatic carbocycles. The molecule has 156 valence electrons. The van der Waals surface area contributed by atoms with Crippen molar-refractivity contribution in [3.8, 4) is 6.07 Å². The molecule has 4 rings (SSSR count). The molecule has 2 aromatic heterocycles. The van der Waals surface area contributed by atoms with Gasteiger partial charge in [0.2, 0.25) is 5.91 Å². The summed E-state index contributed by atoms with van der Waals surface area (Å²) in [5.74, 6) is -3.44. The molecule has 2 aliphatic rings. The summed E-state index contributed by atoms with van der Waals surface area (Å²) in [5.41, 5.74) is 2.46. The summed E-state index contributed by atoms with van der Waals surface area (Å²) in [4.78, 5) is 30.2. The van der Waals surface area contributed by atoms with E-state index in [0.717, 1.165) is 22.4 Å². The number of aryl methyl sites for hydroxylation is 1. The van der Waals surface area contributed by atoms with Crippen LogP contribution < -0.4 is 0 Å². The average Bonchev–Trinajstić information content (AvgIpc) is 3.29. The lowest BCUT2D eigenvalue weighted by atomic mass is 9.97. The van der Waals surface area contributed by atoms with E-state index in [1.807, 2.05) is 19.4 Å². The summed E-state index contributed by atoms with van der Waals surface area (Å²) in [6.45, 7) is -0.770. The van der Waals surface area contributed by atoms with Crippen LogP contribution in [0.1, 0.15) is 59.0 Å². The van der Waals surface area contributed by atoms with Gasteiger partial charge < -0.3 is 4.90 Å². The van der Waals surface area contributed by atoms with Gasteiger partial charge in [0.05, 0.1) is 18.8 Å². The van der Waals surface area contributed by atoms with Gasteiger partial charge in [0.15, 0.2) is 5.78 Å². The van der Waals surface area contributed by atoms with Crippen LogP contribution in [-0.2, 0) is 11.8 Å². The van der Waals surface area contributed by atoms with Crippen LogP contribution in [0, 0.1) is 11.3 Å². The SMILES string of the molecule is Cn1cc(C2CC2c2cnccc2C(=O)CCC(=O)N2CC(F)(F)C[C@H]2C#N)cn1. The van der Waals surface area contributed by atoms with Gasteiger partial charge in [0.25, 0.3) is 5.92 Å². The van der Waals surface area contributed by atoms with Crippen LogP contribution in [0.4, 0.5) is 8.78 Å². The molecule has 3 heterocycles. The van der Waals surface area contributed by atoms with Crippen molar-refractivity contribution in [1.29, 1.82) is 5.26 Å². The third kappa shape index (κ3) is 3.95. The van der Waals surface area contributed by atoms with Crippen LogP contribution >= 0.6 is 0 Å². The van der Waals surface area contributed by atoms with Crippen molar-refractivity contribution in [1.82, 2.24) is 19.7 Å². The van der Waals surface area contributed by atoms with Gasteiger partial charge in [-0.25, -0.2) is 8.78 Å². The Hall–Kier alpha value is -3.15. The van der Waals surface area contributed by atoms with Crippen molar-refractivity contribution in [2.45, 2.75) is 49.5 Å². The lowest BCUT2D eigenvalue weighted by molar-refractivity contribution is -0.132. The maximum atomic E-state index is 13.6. The Kier molecular flexibility index (Phi) is 5.10. The first-order chi connectivity index (χ1) is 14.3. The Labute approximate surface area is 172 Å². The number of hydrogen-bond donors (Lipinski definition) is 0. The number of hydrogen-bond acceptors (Lipinski definition) is 5. The largest absolute Gasteiger partial charge is 0.320 e. The highest BCUT2D eigenvalue weighted by Gasteiger charge is 2.47. The summed E-state index contributed by atoms with van der Waals surface area (Å²) < 4.78 is 28.9. The highest BCUT2D eigenvalue weighted by atomic mass is 19.3. The molecule has 2 fully saturated rings. The van der Waals surface area contributed by atoms with Crippen molar-refractivity contribution in [2.24, 2.45) is 7.05 Å². The molecule has 0 N–H and O–H groups in total. The molecule has 1 aliphatic carbocycles. The van der Waals surface area contributed by atoms with Crippen LogP contribution in [0.3, 0.4) is 0 Å². The third-order valence-electron chi connectivity index (χ3n) is 5.80. The Morgan fingerprint density at radius 3 is 2.80 bits per heavy atom. The predicted molar refractivity (Wildman–Crippen MR) is 102 cm³/mol. The van der Waals surface area contributed by atoms with E-state index in [2.05, 4.69) is 10.1 Å². The van der Waals surface area contributed by atoms with Gasteiger partial charge in [0, 0.05) is 50.5 Å². The van der Waals surface area contributed by atoms with Crippen LogP contribution in [0.15, 0.2) is 30.9 Å². The van der Waals surface area contributed by atoms with E-state index < -0.39 is 30.8 Å². The molecular weight excluding hydrogens is 392 g/mol. The van der Waals surface area contributed by atoms with Gasteiger partial charge in [0.1, 0.15) is 6.04 Å². The van der Waals surface area contributed by atoms with Gasteiger partial charge in [-0.15, -0.1) is 0 Å². The van der Waals surface area contributed by atoms with E-state index in [4.69, 9.17) is 5.26 Å². The number of likely N-dealkylation sites (tertiary alicyclic amines) is 1. The number of amides is 1. The van der Waals surface area contributed by atoms with Crippen LogP contribution in [0.25, 0.3) is 0 Å². The number of Topliss-reactive ketones (excluding diaryl/α,β-unsaturated/α-hetero) is 1. The maximum absolute atomic E-state index is 13.6. The smallest absolute Gasteiger partial charge is 0.268 e. The first-order valence-corrected chi connectivity index (χ1v) is 9.81. The highest BCUT2D eigenvalue weighted by Crippen LogP contribution is 2.55. The van der Waals surface area contributed by atoms with Gasteiger partial charge >= 0.3 is 0 Å². The van der Waals surface area contributed by atoms with E-state index in [1.54, 1.807) is 23.0 Å². The fourth-order valence-corrected chi connectivity index (χ4v) is 4.19. The zero-order chi connectivity index (χ0) is 21.5. The quantitative estimate of drug-likeness (QED) is 0.679. The fraction of sp³-hybridized carbons (Fsp3) is 0.476. The van der Waals surface area contributed by atoms with Crippen molar-refractivity contribution < 1.29 is 18.4 Å². The van der Waals surface area contributed by atoms with Gasteiger partial charge in [-0.05, 0) is 35.4 Å². The van der Waals surface area contributed by atoms with Crippen molar-refractivity contribution in [3.63, 3.8) is 0 Å². The van der Waals surface area contributed by atoms with Crippen molar-refractivity contribution >= 4 is 11.7 Å². The monoisotopic (exact) mass is 413 g/mol. The predicted octanol–water partition coefficient (Wildman–Crippen LogP) is 2.81. The summed E-state index contributed by atoms with van der Waals surface area (Å²) in [6.07, 6.45) is 6.93. The summed E-state index contributed by atoms with van der Waals surface area (Å²) in [7, 11) is 1.85. The second-order valence-electron chi connectivity index (χ2n) is 8.01. The molecule has 1 aliphatic heterocycles. The number of halogens is 2. The minimum Gasteiger partial charge on any atom is -0.320 e. The minimum atomic E-state index is -3.06.